The second-order valence-electron chi connectivity index (χ2n) is 6.75. The maximum Gasteiger partial charge on any atom is 0.338 e. The summed E-state index contributed by atoms with van der Waals surface area (Å²) in [5.74, 6) is -1.44. The number of hydrogen-bond acceptors (Lipinski definition) is 4. The standard InChI is InChI=1S/C23H15Cl2NO4/c24-17-8-6-16(20(25)11-17)13-30-23(29)15-7-9-18-19(10-15)22(28)26(21(18)27)12-14-4-2-1-3-5-14/h1-11H,12-13H2. The van der Waals surface area contributed by atoms with Gasteiger partial charge in [0.15, 0.2) is 0 Å². The lowest BCUT2D eigenvalue weighted by Gasteiger charge is -2.13. The third kappa shape index (κ3) is 3.95. The predicted molar refractivity (Wildman–Crippen MR) is 113 cm³/mol. The number of carbonyl (C=O) groups excluding carboxylic acids is 3. The molecule has 1 aliphatic heterocycles. The van der Waals surface area contributed by atoms with Crippen LogP contribution in [0, 0.1) is 0 Å². The molecule has 4 rings (SSSR count). The zero-order valence-electron chi connectivity index (χ0n) is 15.6. The fourth-order valence-electron chi connectivity index (χ4n) is 3.19. The molecule has 0 unspecified atom stereocenters. The van der Waals surface area contributed by atoms with Crippen LogP contribution in [0.15, 0.2) is 66.7 Å². The number of amides is 2. The molecular formula is C23H15Cl2NO4. The first-order valence-electron chi connectivity index (χ1n) is 9.09. The van der Waals surface area contributed by atoms with E-state index in [2.05, 4.69) is 0 Å². The molecule has 0 radical (unpaired) electrons. The third-order valence-corrected chi connectivity index (χ3v) is 5.35. The van der Waals surface area contributed by atoms with E-state index in [1.54, 1.807) is 18.2 Å². The van der Waals surface area contributed by atoms with Crippen molar-refractivity contribution >= 4 is 41.0 Å². The Morgan fingerprint density at radius 3 is 2.33 bits per heavy atom. The number of carbonyl (C=O) groups is 3. The van der Waals surface area contributed by atoms with Crippen LogP contribution < -0.4 is 0 Å². The highest BCUT2D eigenvalue weighted by molar-refractivity contribution is 6.35. The number of benzene rings is 3. The van der Waals surface area contributed by atoms with Crippen molar-refractivity contribution in [2.24, 2.45) is 0 Å². The van der Waals surface area contributed by atoms with Crippen LogP contribution in [0.1, 0.15) is 42.2 Å². The van der Waals surface area contributed by atoms with Crippen molar-refractivity contribution in [3.63, 3.8) is 0 Å². The second-order valence-corrected chi connectivity index (χ2v) is 7.60. The van der Waals surface area contributed by atoms with Gasteiger partial charge in [-0.15, -0.1) is 0 Å². The lowest BCUT2D eigenvalue weighted by molar-refractivity contribution is 0.0472. The van der Waals surface area contributed by atoms with E-state index in [-0.39, 0.29) is 35.7 Å². The van der Waals surface area contributed by atoms with Crippen molar-refractivity contribution in [3.05, 3.63) is 105 Å². The first kappa shape index (κ1) is 20.1. The van der Waals surface area contributed by atoms with Gasteiger partial charge in [-0.05, 0) is 35.9 Å². The minimum Gasteiger partial charge on any atom is -0.457 e. The zero-order valence-corrected chi connectivity index (χ0v) is 17.1. The van der Waals surface area contributed by atoms with Gasteiger partial charge < -0.3 is 4.74 Å². The first-order valence-corrected chi connectivity index (χ1v) is 9.85. The first-order chi connectivity index (χ1) is 14.4. The van der Waals surface area contributed by atoms with Gasteiger partial charge >= 0.3 is 5.97 Å². The summed E-state index contributed by atoms with van der Waals surface area (Å²) in [7, 11) is 0. The second kappa shape index (κ2) is 8.30. The molecular weight excluding hydrogens is 425 g/mol. The van der Waals surface area contributed by atoms with Crippen molar-refractivity contribution < 1.29 is 19.1 Å². The number of esters is 1. The molecule has 3 aromatic rings. The molecule has 0 bridgehead atoms. The molecule has 1 aliphatic rings. The summed E-state index contributed by atoms with van der Waals surface area (Å²) in [5.41, 5.74) is 2.09. The Morgan fingerprint density at radius 2 is 1.60 bits per heavy atom. The molecule has 7 heteroatoms. The van der Waals surface area contributed by atoms with Gasteiger partial charge in [-0.2, -0.15) is 0 Å². The Labute approximate surface area is 182 Å². The van der Waals surface area contributed by atoms with Crippen LogP contribution in [-0.2, 0) is 17.9 Å². The maximum absolute atomic E-state index is 12.8. The molecule has 0 spiro atoms. The van der Waals surface area contributed by atoms with Crippen molar-refractivity contribution in [2.75, 3.05) is 0 Å². The number of ether oxygens (including phenoxy) is 1. The molecule has 150 valence electrons. The molecule has 3 aromatic carbocycles. The molecule has 5 nitrogen and oxygen atoms in total. The van der Waals surface area contributed by atoms with Crippen LogP contribution in [0.3, 0.4) is 0 Å². The predicted octanol–water partition coefficient (Wildman–Crippen LogP) is 5.15. The number of nitrogens with zero attached hydrogens (tertiary/aromatic N) is 1. The van der Waals surface area contributed by atoms with Gasteiger partial charge in [-0.3, -0.25) is 14.5 Å². The van der Waals surface area contributed by atoms with E-state index in [1.165, 1.54) is 23.1 Å². The minimum atomic E-state index is -0.620. The van der Waals surface area contributed by atoms with Gasteiger partial charge in [0.2, 0.25) is 0 Å². The van der Waals surface area contributed by atoms with Gasteiger partial charge in [-0.25, -0.2) is 4.79 Å². The summed E-state index contributed by atoms with van der Waals surface area (Å²) in [6.45, 7) is 0.126. The maximum atomic E-state index is 12.8. The van der Waals surface area contributed by atoms with E-state index in [0.717, 1.165) is 5.56 Å². The normalized spacial score (nSPS) is 12.8. The van der Waals surface area contributed by atoms with Gasteiger partial charge in [0.25, 0.3) is 11.8 Å². The van der Waals surface area contributed by atoms with Crippen molar-refractivity contribution in [2.45, 2.75) is 13.2 Å². The number of imide groups is 1. The highest BCUT2D eigenvalue weighted by atomic mass is 35.5. The summed E-state index contributed by atoms with van der Waals surface area (Å²) in [5, 5.41) is 0.874. The van der Waals surface area contributed by atoms with Crippen molar-refractivity contribution in [3.8, 4) is 0 Å². The summed E-state index contributed by atoms with van der Waals surface area (Å²) in [6.07, 6.45) is 0. The molecule has 2 amide bonds. The quantitative estimate of drug-likeness (QED) is 0.407. The molecule has 0 fully saturated rings. The topological polar surface area (TPSA) is 63.7 Å². The molecule has 0 atom stereocenters. The van der Waals surface area contributed by atoms with E-state index in [0.29, 0.717) is 15.6 Å². The van der Waals surface area contributed by atoms with E-state index in [4.69, 9.17) is 27.9 Å². The van der Waals surface area contributed by atoms with E-state index in [9.17, 15) is 14.4 Å². The van der Waals surface area contributed by atoms with Crippen LogP contribution in [0.2, 0.25) is 10.0 Å². The van der Waals surface area contributed by atoms with Crippen LogP contribution >= 0.6 is 23.2 Å². The minimum absolute atomic E-state index is 0.0427. The SMILES string of the molecule is O=C(OCc1ccc(Cl)cc1Cl)c1ccc2c(c1)C(=O)N(Cc1ccccc1)C2=O. The lowest BCUT2D eigenvalue weighted by atomic mass is 10.1. The average Bonchev–Trinajstić information content (AvgIpc) is 2.98. The monoisotopic (exact) mass is 439 g/mol. The Morgan fingerprint density at radius 1 is 0.867 bits per heavy atom. The Bertz CT molecular complexity index is 1160. The zero-order chi connectivity index (χ0) is 21.3. The Kier molecular flexibility index (Phi) is 5.57. The van der Waals surface area contributed by atoms with Crippen LogP contribution in [0.25, 0.3) is 0 Å². The highest BCUT2D eigenvalue weighted by Gasteiger charge is 2.36. The van der Waals surface area contributed by atoms with E-state index in [1.807, 2.05) is 30.3 Å². The number of halogens is 2. The molecule has 0 N–H and O–H groups in total. The highest BCUT2D eigenvalue weighted by Crippen LogP contribution is 2.26. The summed E-state index contributed by atoms with van der Waals surface area (Å²) < 4.78 is 5.30. The van der Waals surface area contributed by atoms with Crippen LogP contribution in [-0.4, -0.2) is 22.7 Å². The smallest absolute Gasteiger partial charge is 0.338 e. The van der Waals surface area contributed by atoms with Gasteiger partial charge in [-0.1, -0.05) is 59.6 Å². The Hall–Kier alpha value is -3.15. The van der Waals surface area contributed by atoms with Gasteiger partial charge in [0, 0.05) is 15.6 Å². The summed E-state index contributed by atoms with van der Waals surface area (Å²) in [4.78, 5) is 39.0. The summed E-state index contributed by atoms with van der Waals surface area (Å²) in [6, 6.07) is 18.5. The molecule has 0 aliphatic carbocycles. The molecule has 1 heterocycles. The number of fused-ring (bicyclic) bond motifs is 1. The number of hydrogen-bond donors (Lipinski definition) is 0. The average molecular weight is 440 g/mol. The molecule has 30 heavy (non-hydrogen) atoms. The fraction of sp³-hybridized carbons (Fsp3) is 0.0870. The third-order valence-electron chi connectivity index (χ3n) is 4.76. The van der Waals surface area contributed by atoms with E-state index >= 15 is 0 Å². The van der Waals surface area contributed by atoms with Gasteiger partial charge in [0.1, 0.15) is 6.61 Å². The van der Waals surface area contributed by atoms with Crippen molar-refractivity contribution in [1.82, 2.24) is 4.90 Å². The van der Waals surface area contributed by atoms with Crippen LogP contribution in [0.5, 0.6) is 0 Å². The lowest BCUT2D eigenvalue weighted by Crippen LogP contribution is -2.29. The van der Waals surface area contributed by atoms with Gasteiger partial charge in [0.05, 0.1) is 23.2 Å². The van der Waals surface area contributed by atoms with Crippen LogP contribution in [0.4, 0.5) is 0 Å². The summed E-state index contributed by atoms with van der Waals surface area (Å²) >= 11 is 12.0. The molecule has 0 aromatic heterocycles. The molecule has 0 saturated heterocycles. The Balaban J connectivity index is 1.50. The van der Waals surface area contributed by atoms with Crippen molar-refractivity contribution in [1.29, 1.82) is 0 Å². The fourth-order valence-corrected chi connectivity index (χ4v) is 3.66. The molecule has 0 saturated carbocycles. The van der Waals surface area contributed by atoms with E-state index < -0.39 is 11.9 Å². The number of rotatable bonds is 5. The largest absolute Gasteiger partial charge is 0.457 e.